The van der Waals surface area contributed by atoms with Gasteiger partial charge in [-0.3, -0.25) is 14.7 Å². The summed E-state index contributed by atoms with van der Waals surface area (Å²) >= 11 is 7.47. The van der Waals surface area contributed by atoms with E-state index in [2.05, 4.69) is 9.97 Å². The molecule has 2 heterocycles. The van der Waals surface area contributed by atoms with Gasteiger partial charge >= 0.3 is 0 Å². The first-order valence-corrected chi connectivity index (χ1v) is 9.43. The van der Waals surface area contributed by atoms with Gasteiger partial charge in [0.25, 0.3) is 5.91 Å². The number of carbonyl (C=O) groups is 1. The number of aromatic nitrogens is 2. The summed E-state index contributed by atoms with van der Waals surface area (Å²) in [5.41, 5.74) is 1.06. The number of halogens is 3. The monoisotopic (exact) mass is 415 g/mol. The minimum atomic E-state index is -0.930. The van der Waals surface area contributed by atoms with Crippen molar-refractivity contribution in [3.8, 4) is 0 Å². The molecule has 2 aromatic heterocycles. The number of benzene rings is 2. The Morgan fingerprint density at radius 2 is 2.00 bits per heavy atom. The summed E-state index contributed by atoms with van der Waals surface area (Å²) in [5, 5.41) is 0.822. The maximum absolute atomic E-state index is 14.2. The predicted molar refractivity (Wildman–Crippen MR) is 106 cm³/mol. The number of amides is 1. The number of pyridine rings is 1. The van der Waals surface area contributed by atoms with Crippen LogP contribution in [-0.2, 0) is 6.54 Å². The topological polar surface area (TPSA) is 46.1 Å². The van der Waals surface area contributed by atoms with E-state index in [4.69, 9.17) is 11.6 Å². The lowest BCUT2D eigenvalue weighted by molar-refractivity contribution is 0.0981. The van der Waals surface area contributed by atoms with Gasteiger partial charge in [0, 0.05) is 18.5 Å². The van der Waals surface area contributed by atoms with Crippen LogP contribution in [0.2, 0.25) is 5.02 Å². The molecule has 4 aromatic rings. The van der Waals surface area contributed by atoms with E-state index in [0.717, 1.165) is 22.4 Å². The molecular weight excluding hydrogens is 404 g/mol. The molecule has 0 aliphatic carbocycles. The van der Waals surface area contributed by atoms with E-state index >= 15 is 0 Å². The van der Waals surface area contributed by atoms with E-state index < -0.39 is 17.5 Å². The van der Waals surface area contributed by atoms with Crippen LogP contribution in [0.4, 0.5) is 13.9 Å². The van der Waals surface area contributed by atoms with Gasteiger partial charge in [0.15, 0.2) is 5.13 Å². The van der Waals surface area contributed by atoms with E-state index in [1.807, 2.05) is 6.07 Å². The van der Waals surface area contributed by atoms with Gasteiger partial charge < -0.3 is 0 Å². The van der Waals surface area contributed by atoms with Crippen molar-refractivity contribution < 1.29 is 13.6 Å². The summed E-state index contributed by atoms with van der Waals surface area (Å²) in [6, 6.07) is 11.7. The molecule has 4 rings (SSSR count). The normalized spacial score (nSPS) is 11.0. The van der Waals surface area contributed by atoms with Crippen molar-refractivity contribution in [3.63, 3.8) is 0 Å². The van der Waals surface area contributed by atoms with E-state index in [1.165, 1.54) is 16.2 Å². The Morgan fingerprint density at radius 3 is 2.71 bits per heavy atom. The fraction of sp³-hybridized carbons (Fsp3) is 0.0500. The van der Waals surface area contributed by atoms with Crippen molar-refractivity contribution in [2.75, 3.05) is 4.90 Å². The van der Waals surface area contributed by atoms with Gasteiger partial charge in [0.2, 0.25) is 0 Å². The molecule has 0 spiro atoms. The van der Waals surface area contributed by atoms with Gasteiger partial charge in [-0.2, -0.15) is 0 Å². The molecule has 4 nitrogen and oxygen atoms in total. The average molecular weight is 416 g/mol. The first-order valence-electron chi connectivity index (χ1n) is 8.24. The molecule has 0 unspecified atom stereocenters. The third kappa shape index (κ3) is 3.58. The standard InChI is InChI=1S/C20H12ClF2N3OS/c21-15-4-1-5-17-18(15)25-20(28-17)26(11-12-3-2-8-24-10-12)19(27)14-7-6-13(22)9-16(14)23/h1-10H,11H2. The summed E-state index contributed by atoms with van der Waals surface area (Å²) in [6.45, 7) is 0.126. The van der Waals surface area contributed by atoms with Gasteiger partial charge in [-0.1, -0.05) is 35.1 Å². The number of anilines is 1. The highest BCUT2D eigenvalue weighted by Crippen LogP contribution is 2.34. The van der Waals surface area contributed by atoms with Crippen molar-refractivity contribution >= 4 is 44.2 Å². The fourth-order valence-corrected chi connectivity index (χ4v) is 3.99. The number of rotatable bonds is 4. The van der Waals surface area contributed by atoms with E-state index in [0.29, 0.717) is 21.7 Å². The minimum Gasteiger partial charge on any atom is -0.279 e. The first-order chi connectivity index (χ1) is 13.5. The van der Waals surface area contributed by atoms with Crippen molar-refractivity contribution in [2.45, 2.75) is 6.54 Å². The Hall–Kier alpha value is -2.90. The summed E-state index contributed by atoms with van der Waals surface area (Å²) in [4.78, 5) is 23.0. The van der Waals surface area contributed by atoms with Gasteiger partial charge in [-0.15, -0.1) is 0 Å². The maximum Gasteiger partial charge on any atom is 0.263 e. The number of hydrogen-bond acceptors (Lipinski definition) is 4. The van der Waals surface area contributed by atoms with Crippen LogP contribution >= 0.6 is 22.9 Å². The molecule has 0 aliphatic heterocycles. The molecule has 140 valence electrons. The van der Waals surface area contributed by atoms with Gasteiger partial charge in [-0.05, 0) is 35.9 Å². The quantitative estimate of drug-likeness (QED) is 0.444. The second-order valence-electron chi connectivity index (χ2n) is 5.96. The highest BCUT2D eigenvalue weighted by molar-refractivity contribution is 7.22. The molecule has 1 amide bonds. The maximum atomic E-state index is 14.2. The lowest BCUT2D eigenvalue weighted by Gasteiger charge is -2.20. The molecule has 0 aliphatic rings. The largest absolute Gasteiger partial charge is 0.279 e. The smallest absolute Gasteiger partial charge is 0.263 e. The highest BCUT2D eigenvalue weighted by Gasteiger charge is 2.25. The van der Waals surface area contributed by atoms with E-state index in [-0.39, 0.29) is 12.1 Å². The van der Waals surface area contributed by atoms with Gasteiger partial charge in [-0.25, -0.2) is 13.8 Å². The predicted octanol–water partition coefficient (Wildman–Crippen LogP) is 5.47. The molecule has 0 radical (unpaired) electrons. The van der Waals surface area contributed by atoms with Crippen molar-refractivity contribution in [3.05, 3.63) is 88.7 Å². The summed E-state index contributed by atoms with van der Waals surface area (Å²) in [7, 11) is 0. The zero-order valence-electron chi connectivity index (χ0n) is 14.3. The molecule has 0 bridgehead atoms. The third-order valence-corrected chi connectivity index (χ3v) is 5.41. The summed E-state index contributed by atoms with van der Waals surface area (Å²) in [6.07, 6.45) is 3.23. The third-order valence-electron chi connectivity index (χ3n) is 4.06. The second-order valence-corrected chi connectivity index (χ2v) is 7.38. The van der Waals surface area contributed by atoms with E-state index in [1.54, 1.807) is 36.7 Å². The minimum absolute atomic E-state index is 0.126. The first kappa shape index (κ1) is 18.5. The number of thiazole rings is 1. The SMILES string of the molecule is O=C(c1ccc(F)cc1F)N(Cc1cccnc1)c1nc2c(Cl)cccc2s1. The molecular formula is C20H12ClF2N3OS. The second kappa shape index (κ2) is 7.61. The number of carbonyl (C=O) groups excluding carboxylic acids is 1. The molecule has 0 saturated carbocycles. The van der Waals surface area contributed by atoms with Crippen LogP contribution in [0.3, 0.4) is 0 Å². The Morgan fingerprint density at radius 1 is 1.14 bits per heavy atom. The van der Waals surface area contributed by atoms with Crippen LogP contribution in [-0.4, -0.2) is 15.9 Å². The Balaban J connectivity index is 1.80. The summed E-state index contributed by atoms with van der Waals surface area (Å²) < 4.78 is 28.3. The van der Waals surface area contributed by atoms with Crippen LogP contribution in [0.25, 0.3) is 10.2 Å². The molecule has 0 fully saturated rings. The Labute approximate surface area is 168 Å². The Bertz CT molecular complexity index is 1170. The van der Waals surface area contributed by atoms with Crippen LogP contribution in [0.5, 0.6) is 0 Å². The fourth-order valence-electron chi connectivity index (χ4n) is 2.73. The van der Waals surface area contributed by atoms with Crippen molar-refractivity contribution in [1.82, 2.24) is 9.97 Å². The average Bonchev–Trinajstić information content (AvgIpc) is 3.12. The lowest BCUT2D eigenvalue weighted by atomic mass is 10.1. The van der Waals surface area contributed by atoms with Gasteiger partial charge in [0.1, 0.15) is 17.2 Å². The van der Waals surface area contributed by atoms with Gasteiger partial charge in [0.05, 0.1) is 21.8 Å². The molecule has 2 aromatic carbocycles. The number of hydrogen-bond donors (Lipinski definition) is 0. The number of fused-ring (bicyclic) bond motifs is 1. The van der Waals surface area contributed by atoms with Crippen molar-refractivity contribution in [1.29, 1.82) is 0 Å². The Kier molecular flexibility index (Phi) is 5.02. The molecule has 28 heavy (non-hydrogen) atoms. The molecule has 0 saturated heterocycles. The zero-order chi connectivity index (χ0) is 19.7. The lowest BCUT2D eigenvalue weighted by Crippen LogP contribution is -2.31. The molecule has 0 atom stereocenters. The molecule has 8 heteroatoms. The van der Waals surface area contributed by atoms with E-state index in [9.17, 15) is 13.6 Å². The highest BCUT2D eigenvalue weighted by atomic mass is 35.5. The van der Waals surface area contributed by atoms with Crippen LogP contribution in [0, 0.1) is 11.6 Å². The summed E-state index contributed by atoms with van der Waals surface area (Å²) in [5.74, 6) is -2.31. The number of nitrogens with zero attached hydrogens (tertiary/aromatic N) is 3. The van der Waals surface area contributed by atoms with Crippen LogP contribution in [0.1, 0.15) is 15.9 Å². The van der Waals surface area contributed by atoms with Crippen LogP contribution in [0.15, 0.2) is 60.9 Å². The number of para-hydroxylation sites is 1. The van der Waals surface area contributed by atoms with Crippen LogP contribution < -0.4 is 4.90 Å². The van der Waals surface area contributed by atoms with Crippen molar-refractivity contribution in [2.24, 2.45) is 0 Å². The zero-order valence-corrected chi connectivity index (χ0v) is 15.8. The molecule has 0 N–H and O–H groups in total.